The first-order valence-electron chi connectivity index (χ1n) is 16.4. The number of rotatable bonds is 18. The Morgan fingerprint density at radius 1 is 0.800 bits per heavy atom. The molecule has 0 unspecified atom stereocenters. The SMILES string of the molecule is COc1ccc(CSCCNCCN(CCSCc2ccc(OC)cc2)C[C@H]2[C@@H](c3ccc(Br)cc3)C[C@@H]3CC[C@H]2N3C)cc1. The van der Waals surface area contributed by atoms with Gasteiger partial charge in [0.05, 0.1) is 14.2 Å². The summed E-state index contributed by atoms with van der Waals surface area (Å²) in [5.74, 6) is 7.47. The van der Waals surface area contributed by atoms with Crippen molar-refractivity contribution < 1.29 is 9.47 Å². The molecule has 0 amide bonds. The molecule has 2 heterocycles. The van der Waals surface area contributed by atoms with Gasteiger partial charge in [-0.2, -0.15) is 23.5 Å². The topological polar surface area (TPSA) is 37.0 Å². The molecular weight excluding hydrogens is 662 g/mol. The van der Waals surface area contributed by atoms with Crippen LogP contribution >= 0.6 is 39.5 Å². The van der Waals surface area contributed by atoms with Crippen LogP contribution in [0.15, 0.2) is 77.3 Å². The number of nitrogens with one attached hydrogen (secondary N) is 1. The first-order valence-corrected chi connectivity index (χ1v) is 19.5. The van der Waals surface area contributed by atoms with Crippen LogP contribution in [-0.2, 0) is 11.5 Å². The number of benzene rings is 3. The van der Waals surface area contributed by atoms with E-state index in [-0.39, 0.29) is 0 Å². The molecule has 2 fully saturated rings. The third-order valence-corrected chi connectivity index (χ3v) is 12.2. The van der Waals surface area contributed by atoms with E-state index >= 15 is 0 Å². The summed E-state index contributed by atoms with van der Waals surface area (Å²) in [6, 6.07) is 27.6. The maximum atomic E-state index is 5.34. The highest BCUT2D eigenvalue weighted by molar-refractivity contribution is 9.10. The maximum Gasteiger partial charge on any atom is 0.118 e. The van der Waals surface area contributed by atoms with Crippen molar-refractivity contribution in [2.45, 2.75) is 48.8 Å². The van der Waals surface area contributed by atoms with Crippen LogP contribution in [0, 0.1) is 5.92 Å². The molecule has 2 bridgehead atoms. The molecule has 8 heteroatoms. The van der Waals surface area contributed by atoms with Crippen LogP contribution in [0.3, 0.4) is 0 Å². The van der Waals surface area contributed by atoms with Crippen molar-refractivity contribution in [2.75, 3.05) is 65.5 Å². The number of methoxy groups -OCH3 is 2. The molecule has 0 saturated carbocycles. The van der Waals surface area contributed by atoms with Crippen molar-refractivity contribution in [2.24, 2.45) is 5.92 Å². The van der Waals surface area contributed by atoms with Crippen LogP contribution in [0.2, 0.25) is 0 Å². The van der Waals surface area contributed by atoms with Gasteiger partial charge < -0.3 is 24.6 Å². The van der Waals surface area contributed by atoms with Crippen molar-refractivity contribution in [3.05, 3.63) is 94.0 Å². The van der Waals surface area contributed by atoms with Gasteiger partial charge in [0, 0.05) is 72.3 Å². The zero-order chi connectivity index (χ0) is 31.4. The number of piperidine rings is 1. The van der Waals surface area contributed by atoms with E-state index in [2.05, 4.69) is 111 Å². The molecule has 0 radical (unpaired) electrons. The highest BCUT2D eigenvalue weighted by Gasteiger charge is 2.46. The van der Waals surface area contributed by atoms with E-state index in [4.69, 9.17) is 9.47 Å². The number of hydrogen-bond acceptors (Lipinski definition) is 7. The molecule has 0 aromatic heterocycles. The van der Waals surface area contributed by atoms with Crippen LogP contribution in [0.1, 0.15) is 41.9 Å². The molecule has 45 heavy (non-hydrogen) atoms. The van der Waals surface area contributed by atoms with Gasteiger partial charge in [0.25, 0.3) is 0 Å². The summed E-state index contributed by atoms with van der Waals surface area (Å²) >= 11 is 7.70. The molecule has 3 aromatic carbocycles. The fourth-order valence-corrected chi connectivity index (χ4v) is 9.12. The largest absolute Gasteiger partial charge is 0.497 e. The van der Waals surface area contributed by atoms with Crippen LogP contribution < -0.4 is 14.8 Å². The lowest BCUT2D eigenvalue weighted by atomic mass is 9.76. The number of fused-ring (bicyclic) bond motifs is 2. The van der Waals surface area contributed by atoms with E-state index in [1.165, 1.54) is 47.0 Å². The Kier molecular flexibility index (Phi) is 13.9. The lowest BCUT2D eigenvalue weighted by Gasteiger charge is -2.45. The second kappa shape index (κ2) is 18.0. The van der Waals surface area contributed by atoms with E-state index in [9.17, 15) is 0 Å². The Morgan fingerprint density at radius 2 is 1.42 bits per heavy atom. The molecule has 5 nitrogen and oxygen atoms in total. The monoisotopic (exact) mass is 711 g/mol. The summed E-state index contributed by atoms with van der Waals surface area (Å²) in [4.78, 5) is 5.48. The van der Waals surface area contributed by atoms with Crippen molar-refractivity contribution in [1.82, 2.24) is 15.1 Å². The van der Waals surface area contributed by atoms with E-state index in [0.29, 0.717) is 17.9 Å². The number of thioether (sulfide) groups is 2. The standard InChI is InChI=1S/C37H50BrN3O2S2/c1-40-32-12-17-37(40)36(35(24-32)30-8-10-31(38)11-9-30)25-41(21-23-45-27-29-6-15-34(43-3)16-7-29)20-18-39-19-22-44-26-28-4-13-33(42-2)14-5-28/h4-11,13-16,32,35-37,39H,12,17-27H2,1-3H3/t32-,35+,36-,37+/m0/s1. The summed E-state index contributed by atoms with van der Waals surface area (Å²) in [6.45, 7) is 5.46. The number of ether oxygens (including phenoxy) is 2. The average molecular weight is 713 g/mol. The van der Waals surface area contributed by atoms with Crippen LogP contribution in [0.25, 0.3) is 0 Å². The first-order chi connectivity index (χ1) is 22.0. The first kappa shape index (κ1) is 34.6. The fraction of sp³-hybridized carbons (Fsp3) is 0.514. The van der Waals surface area contributed by atoms with Gasteiger partial charge in [0.1, 0.15) is 11.5 Å². The van der Waals surface area contributed by atoms with Gasteiger partial charge in [-0.05, 0) is 91.2 Å². The maximum absolute atomic E-state index is 5.34. The summed E-state index contributed by atoms with van der Waals surface area (Å²) in [7, 11) is 5.83. The average Bonchev–Trinajstić information content (AvgIpc) is 3.32. The molecule has 2 aliphatic heterocycles. The van der Waals surface area contributed by atoms with Crippen LogP contribution in [-0.4, -0.2) is 87.4 Å². The zero-order valence-corrected chi connectivity index (χ0v) is 30.3. The molecule has 0 aliphatic carbocycles. The molecule has 1 N–H and O–H groups in total. The van der Waals surface area contributed by atoms with Crippen LogP contribution in [0.5, 0.6) is 11.5 Å². The van der Waals surface area contributed by atoms with E-state index in [1.54, 1.807) is 14.2 Å². The lowest BCUT2D eigenvalue weighted by molar-refractivity contribution is 0.0727. The van der Waals surface area contributed by atoms with Crippen molar-refractivity contribution in [1.29, 1.82) is 0 Å². The lowest BCUT2D eigenvalue weighted by Crippen LogP contribution is -2.50. The predicted octanol–water partition coefficient (Wildman–Crippen LogP) is 7.79. The molecule has 5 rings (SSSR count). The molecule has 244 valence electrons. The third kappa shape index (κ3) is 10.2. The molecule has 4 atom stereocenters. The van der Waals surface area contributed by atoms with Gasteiger partial charge in [0.15, 0.2) is 0 Å². The smallest absolute Gasteiger partial charge is 0.118 e. The number of hydrogen-bond donors (Lipinski definition) is 1. The van der Waals surface area contributed by atoms with Gasteiger partial charge in [0.2, 0.25) is 0 Å². The highest BCUT2D eigenvalue weighted by Crippen LogP contribution is 2.46. The molecule has 2 saturated heterocycles. The minimum absolute atomic E-state index is 0.628. The Bertz CT molecular complexity index is 1280. The predicted molar refractivity (Wildman–Crippen MR) is 197 cm³/mol. The van der Waals surface area contributed by atoms with Crippen molar-refractivity contribution in [3.8, 4) is 11.5 Å². The van der Waals surface area contributed by atoms with E-state index in [1.807, 2.05) is 23.5 Å². The summed E-state index contributed by atoms with van der Waals surface area (Å²) in [5, 5.41) is 3.76. The Hall–Kier alpha value is -1.68. The normalized spacial score (nSPS) is 21.4. The molecule has 2 aliphatic rings. The highest BCUT2D eigenvalue weighted by atomic mass is 79.9. The molecule has 0 spiro atoms. The Balaban J connectivity index is 1.15. The van der Waals surface area contributed by atoms with Crippen molar-refractivity contribution >= 4 is 39.5 Å². The van der Waals surface area contributed by atoms with Crippen LogP contribution in [0.4, 0.5) is 0 Å². The van der Waals surface area contributed by atoms with E-state index in [0.717, 1.165) is 66.7 Å². The van der Waals surface area contributed by atoms with Crippen molar-refractivity contribution in [3.63, 3.8) is 0 Å². The summed E-state index contributed by atoms with van der Waals surface area (Å²) in [5.41, 5.74) is 4.24. The van der Waals surface area contributed by atoms with Gasteiger partial charge in [-0.25, -0.2) is 0 Å². The fourth-order valence-electron chi connectivity index (χ4n) is 7.04. The number of nitrogens with zero attached hydrogens (tertiary/aromatic N) is 2. The molecular formula is C37H50BrN3O2S2. The second-order valence-corrected chi connectivity index (χ2v) is 15.5. The minimum Gasteiger partial charge on any atom is -0.497 e. The summed E-state index contributed by atoms with van der Waals surface area (Å²) in [6.07, 6.45) is 3.96. The summed E-state index contributed by atoms with van der Waals surface area (Å²) < 4.78 is 11.8. The van der Waals surface area contributed by atoms with Gasteiger partial charge in [-0.1, -0.05) is 52.3 Å². The zero-order valence-electron chi connectivity index (χ0n) is 27.1. The van der Waals surface area contributed by atoms with Gasteiger partial charge >= 0.3 is 0 Å². The third-order valence-electron chi connectivity index (χ3n) is 9.63. The quantitative estimate of drug-likeness (QED) is 0.135. The Morgan fingerprint density at radius 3 is 2.04 bits per heavy atom. The molecule has 3 aromatic rings. The number of halogens is 1. The van der Waals surface area contributed by atoms with Gasteiger partial charge in [-0.3, -0.25) is 0 Å². The van der Waals surface area contributed by atoms with Gasteiger partial charge in [-0.15, -0.1) is 0 Å². The minimum atomic E-state index is 0.628. The Labute approximate surface area is 288 Å². The van der Waals surface area contributed by atoms with E-state index < -0.39 is 0 Å². The second-order valence-electron chi connectivity index (χ2n) is 12.4.